The summed E-state index contributed by atoms with van der Waals surface area (Å²) in [6, 6.07) is 0.627. The van der Waals surface area contributed by atoms with Crippen LogP contribution in [0.15, 0.2) is 0 Å². The normalized spacial score (nSPS) is 12.4. The molecule has 2 N–H and O–H groups in total. The molecule has 0 aliphatic carbocycles. The number of hydrogen-bond donors (Lipinski definition) is 1. The fourth-order valence-electron chi connectivity index (χ4n) is 2.04. The zero-order valence-corrected chi connectivity index (χ0v) is 13.5. The Bertz CT molecular complexity index is 240. The van der Waals surface area contributed by atoms with E-state index < -0.39 is 0 Å². The van der Waals surface area contributed by atoms with Crippen LogP contribution in [0.2, 0.25) is 0 Å². The van der Waals surface area contributed by atoms with Crippen molar-refractivity contribution in [3.05, 3.63) is 0 Å². The second-order valence-electron chi connectivity index (χ2n) is 5.50. The van der Waals surface area contributed by atoms with Crippen molar-refractivity contribution in [2.75, 3.05) is 26.8 Å². The highest BCUT2D eigenvalue weighted by Gasteiger charge is 2.24. The fraction of sp³-hybridized carbons (Fsp3) is 0.929. The third kappa shape index (κ3) is 6.12. The number of nitrogens with zero attached hydrogens (tertiary/aromatic N) is 1. The molecule has 0 saturated heterocycles. The van der Waals surface area contributed by atoms with Crippen molar-refractivity contribution in [1.82, 2.24) is 4.90 Å². The van der Waals surface area contributed by atoms with Gasteiger partial charge in [-0.2, -0.15) is 0 Å². The van der Waals surface area contributed by atoms with E-state index in [1.165, 1.54) is 12.8 Å². The van der Waals surface area contributed by atoms with Gasteiger partial charge in [0.1, 0.15) is 0 Å². The molecule has 3 nitrogen and oxygen atoms in total. The van der Waals surface area contributed by atoms with E-state index in [0.717, 1.165) is 26.1 Å². The van der Waals surface area contributed by atoms with Crippen molar-refractivity contribution < 1.29 is 4.74 Å². The molecule has 0 fully saturated rings. The summed E-state index contributed by atoms with van der Waals surface area (Å²) in [4.78, 5) is 3.11. The molecule has 0 saturated carbocycles. The van der Waals surface area contributed by atoms with Gasteiger partial charge in [0.05, 0.1) is 11.6 Å². The monoisotopic (exact) mass is 274 g/mol. The molecule has 18 heavy (non-hydrogen) atoms. The van der Waals surface area contributed by atoms with Crippen LogP contribution in [-0.2, 0) is 4.74 Å². The molecule has 0 heterocycles. The Morgan fingerprint density at radius 2 is 1.83 bits per heavy atom. The molecule has 0 radical (unpaired) electrons. The van der Waals surface area contributed by atoms with Gasteiger partial charge < -0.3 is 10.5 Å². The van der Waals surface area contributed by atoms with Gasteiger partial charge in [0.25, 0.3) is 0 Å². The second kappa shape index (κ2) is 8.83. The number of rotatable bonds is 10. The SMILES string of the molecule is CCC(CC)N(CCOC)CCC(C)(C)C(N)=S. The van der Waals surface area contributed by atoms with Crippen molar-refractivity contribution in [3.8, 4) is 0 Å². The molecular weight excluding hydrogens is 244 g/mol. The maximum atomic E-state index is 5.79. The first-order valence-electron chi connectivity index (χ1n) is 6.91. The Hall–Kier alpha value is -0.190. The van der Waals surface area contributed by atoms with Crippen LogP contribution in [0.25, 0.3) is 0 Å². The minimum absolute atomic E-state index is 0.0628. The van der Waals surface area contributed by atoms with Crippen LogP contribution >= 0.6 is 12.2 Å². The van der Waals surface area contributed by atoms with Gasteiger partial charge >= 0.3 is 0 Å². The van der Waals surface area contributed by atoms with Crippen molar-refractivity contribution >= 4 is 17.2 Å². The maximum Gasteiger partial charge on any atom is 0.0784 e. The molecule has 0 aromatic rings. The molecule has 4 heteroatoms. The minimum atomic E-state index is -0.0628. The molecule has 0 rings (SSSR count). The topological polar surface area (TPSA) is 38.5 Å². The molecule has 0 spiro atoms. The van der Waals surface area contributed by atoms with E-state index in [2.05, 4.69) is 32.6 Å². The molecule has 0 aromatic heterocycles. The van der Waals surface area contributed by atoms with Gasteiger partial charge in [-0.1, -0.05) is 39.9 Å². The van der Waals surface area contributed by atoms with Gasteiger partial charge in [-0.25, -0.2) is 0 Å². The van der Waals surface area contributed by atoms with E-state index in [1.807, 2.05) is 0 Å². The Morgan fingerprint density at radius 3 is 2.22 bits per heavy atom. The Morgan fingerprint density at radius 1 is 1.28 bits per heavy atom. The summed E-state index contributed by atoms with van der Waals surface area (Å²) in [6.45, 7) is 11.5. The summed E-state index contributed by atoms with van der Waals surface area (Å²) < 4.78 is 5.20. The summed E-state index contributed by atoms with van der Waals surface area (Å²) in [5.41, 5.74) is 5.72. The van der Waals surface area contributed by atoms with E-state index in [4.69, 9.17) is 22.7 Å². The van der Waals surface area contributed by atoms with Crippen molar-refractivity contribution in [2.24, 2.45) is 11.1 Å². The minimum Gasteiger partial charge on any atom is -0.393 e. The number of ether oxygens (including phenoxy) is 1. The molecule has 108 valence electrons. The molecule has 0 atom stereocenters. The molecule has 0 amide bonds. The van der Waals surface area contributed by atoms with Gasteiger partial charge in [0.15, 0.2) is 0 Å². The summed E-state index contributed by atoms with van der Waals surface area (Å²) >= 11 is 5.13. The van der Waals surface area contributed by atoms with Crippen molar-refractivity contribution in [3.63, 3.8) is 0 Å². The van der Waals surface area contributed by atoms with Crippen molar-refractivity contribution in [2.45, 2.75) is 53.0 Å². The lowest BCUT2D eigenvalue weighted by atomic mass is 9.89. The van der Waals surface area contributed by atoms with Gasteiger partial charge in [-0.15, -0.1) is 0 Å². The number of thiocarbonyl (C=S) groups is 1. The van der Waals surface area contributed by atoms with Crippen molar-refractivity contribution in [1.29, 1.82) is 0 Å². The van der Waals surface area contributed by atoms with Crippen LogP contribution in [0.5, 0.6) is 0 Å². The molecule has 0 aromatic carbocycles. The average Bonchev–Trinajstić information content (AvgIpc) is 2.32. The second-order valence-corrected chi connectivity index (χ2v) is 5.94. The summed E-state index contributed by atoms with van der Waals surface area (Å²) in [5.74, 6) is 0. The van der Waals surface area contributed by atoms with Crippen LogP contribution < -0.4 is 5.73 Å². The maximum absolute atomic E-state index is 5.79. The highest BCUT2D eigenvalue weighted by Crippen LogP contribution is 2.22. The zero-order chi connectivity index (χ0) is 14.2. The van der Waals surface area contributed by atoms with E-state index in [9.17, 15) is 0 Å². The number of methoxy groups -OCH3 is 1. The first-order chi connectivity index (χ1) is 8.38. The lowest BCUT2D eigenvalue weighted by molar-refractivity contribution is 0.109. The largest absolute Gasteiger partial charge is 0.393 e. The highest BCUT2D eigenvalue weighted by molar-refractivity contribution is 7.80. The first kappa shape index (κ1) is 17.8. The van der Waals surface area contributed by atoms with Gasteiger partial charge in [0.2, 0.25) is 0 Å². The zero-order valence-electron chi connectivity index (χ0n) is 12.7. The van der Waals surface area contributed by atoms with Crippen LogP contribution in [0.3, 0.4) is 0 Å². The smallest absolute Gasteiger partial charge is 0.0784 e. The van der Waals surface area contributed by atoms with E-state index >= 15 is 0 Å². The first-order valence-corrected chi connectivity index (χ1v) is 7.32. The van der Waals surface area contributed by atoms with Crippen LogP contribution in [0.1, 0.15) is 47.0 Å². The third-order valence-corrected chi connectivity index (χ3v) is 4.29. The predicted octanol–water partition coefficient (Wildman–Crippen LogP) is 2.83. The van der Waals surface area contributed by atoms with Gasteiger partial charge in [0, 0.05) is 25.1 Å². The Labute approximate surface area is 118 Å². The fourth-order valence-corrected chi connectivity index (χ4v) is 2.14. The molecule has 0 aliphatic rings. The quantitative estimate of drug-likeness (QED) is 0.622. The molecule has 0 aliphatic heterocycles. The average molecular weight is 274 g/mol. The lowest BCUT2D eigenvalue weighted by Crippen LogP contribution is -2.41. The number of hydrogen-bond acceptors (Lipinski definition) is 3. The standard InChI is InChI=1S/C14H30N2OS/c1-6-12(7-2)16(10-11-17-5)9-8-14(3,4)13(15)18/h12H,6-11H2,1-5H3,(H2,15,18). The van der Waals surface area contributed by atoms with E-state index in [-0.39, 0.29) is 5.41 Å². The Kier molecular flexibility index (Phi) is 8.74. The summed E-state index contributed by atoms with van der Waals surface area (Å²) in [6.07, 6.45) is 3.35. The van der Waals surface area contributed by atoms with E-state index in [0.29, 0.717) is 11.0 Å². The molecule has 0 bridgehead atoms. The molecular formula is C14H30N2OS. The predicted molar refractivity (Wildman–Crippen MR) is 83.0 cm³/mol. The highest BCUT2D eigenvalue weighted by atomic mass is 32.1. The Balaban J connectivity index is 4.44. The van der Waals surface area contributed by atoms with Crippen LogP contribution in [-0.4, -0.2) is 42.7 Å². The lowest BCUT2D eigenvalue weighted by Gasteiger charge is -2.33. The third-order valence-electron chi connectivity index (χ3n) is 3.73. The van der Waals surface area contributed by atoms with Crippen LogP contribution in [0, 0.1) is 5.41 Å². The van der Waals surface area contributed by atoms with Gasteiger partial charge in [-0.3, -0.25) is 4.90 Å². The molecule has 0 unspecified atom stereocenters. The summed E-state index contributed by atoms with van der Waals surface area (Å²) in [5, 5.41) is 0. The van der Waals surface area contributed by atoms with E-state index in [1.54, 1.807) is 7.11 Å². The number of nitrogens with two attached hydrogens (primary N) is 1. The van der Waals surface area contributed by atoms with Gasteiger partial charge in [-0.05, 0) is 25.8 Å². The summed E-state index contributed by atoms with van der Waals surface area (Å²) in [7, 11) is 1.75. The van der Waals surface area contributed by atoms with Crippen LogP contribution in [0.4, 0.5) is 0 Å².